The lowest BCUT2D eigenvalue weighted by Gasteiger charge is -2.34. The van der Waals surface area contributed by atoms with Gasteiger partial charge in [0.15, 0.2) is 0 Å². The number of carboxylic acids is 1. The molecule has 1 aliphatic heterocycles. The van der Waals surface area contributed by atoms with Crippen molar-refractivity contribution in [2.45, 2.75) is 58.4 Å². The van der Waals surface area contributed by atoms with Crippen LogP contribution in [0.25, 0.3) is 0 Å². The summed E-state index contributed by atoms with van der Waals surface area (Å²) in [7, 11) is 0. The van der Waals surface area contributed by atoms with Gasteiger partial charge >= 0.3 is 5.97 Å². The first-order valence-electron chi connectivity index (χ1n) is 11.6. The van der Waals surface area contributed by atoms with Gasteiger partial charge in [0.05, 0.1) is 18.2 Å². The van der Waals surface area contributed by atoms with E-state index in [9.17, 15) is 9.59 Å². The Morgan fingerprint density at radius 2 is 1.82 bits per heavy atom. The third kappa shape index (κ3) is 8.54. The summed E-state index contributed by atoms with van der Waals surface area (Å²) in [5, 5.41) is 11.2. The molecule has 2 N–H and O–H groups in total. The van der Waals surface area contributed by atoms with Crippen molar-refractivity contribution in [2.75, 3.05) is 19.8 Å². The summed E-state index contributed by atoms with van der Waals surface area (Å²) in [5.74, 6) is 0.745. The molecule has 0 aliphatic carbocycles. The van der Waals surface area contributed by atoms with Gasteiger partial charge in [-0.3, -0.25) is 4.79 Å². The van der Waals surface area contributed by atoms with E-state index in [4.69, 9.17) is 14.6 Å². The van der Waals surface area contributed by atoms with Crippen LogP contribution in [0.15, 0.2) is 48.5 Å². The second kappa shape index (κ2) is 13.0. The van der Waals surface area contributed by atoms with E-state index in [0.717, 1.165) is 50.4 Å². The number of carbonyl (C=O) groups excluding carboxylic acids is 1. The average Bonchev–Trinajstić information content (AvgIpc) is 2.80. The van der Waals surface area contributed by atoms with Crippen LogP contribution in [-0.4, -0.2) is 37.3 Å². The normalized spacial score (nSPS) is 15.7. The van der Waals surface area contributed by atoms with Gasteiger partial charge in [-0.1, -0.05) is 45.0 Å². The van der Waals surface area contributed by atoms with Gasteiger partial charge in [-0.15, -0.1) is 0 Å². The van der Waals surface area contributed by atoms with E-state index >= 15 is 0 Å². The first-order chi connectivity index (χ1) is 15.7. The maximum Gasteiger partial charge on any atom is 0.335 e. The van der Waals surface area contributed by atoms with Gasteiger partial charge < -0.3 is 19.9 Å². The Labute approximate surface area is 197 Å². The zero-order valence-electron chi connectivity index (χ0n) is 20.2. The fourth-order valence-corrected chi connectivity index (χ4v) is 3.60. The molecule has 6 nitrogen and oxygen atoms in total. The molecular weight excluding hydrogens is 418 g/mol. The summed E-state index contributed by atoms with van der Waals surface area (Å²) < 4.78 is 11.3. The number of rotatable bonds is 9. The Hall–Kier alpha value is -2.86. The minimum Gasteiger partial charge on any atom is -0.494 e. The van der Waals surface area contributed by atoms with Crippen molar-refractivity contribution in [2.24, 2.45) is 5.92 Å². The van der Waals surface area contributed by atoms with E-state index in [0.29, 0.717) is 12.3 Å². The fourth-order valence-electron chi connectivity index (χ4n) is 3.60. The number of carboxylic acid groups (broad SMARTS) is 1. The molecule has 1 amide bonds. The second-order valence-corrected chi connectivity index (χ2v) is 9.17. The molecule has 0 aromatic heterocycles. The maximum atomic E-state index is 10.5. The van der Waals surface area contributed by atoms with Crippen LogP contribution in [0, 0.1) is 5.92 Å². The van der Waals surface area contributed by atoms with Crippen LogP contribution in [0.5, 0.6) is 5.75 Å². The largest absolute Gasteiger partial charge is 0.494 e. The summed E-state index contributed by atoms with van der Waals surface area (Å²) in [5.41, 5.74) is 2.75. The Balaban J connectivity index is 0.000000245. The number of ether oxygens (including phenoxy) is 2. The first kappa shape index (κ1) is 26.4. The van der Waals surface area contributed by atoms with E-state index in [2.05, 4.69) is 50.4 Å². The zero-order chi connectivity index (χ0) is 24.3. The van der Waals surface area contributed by atoms with E-state index in [1.165, 1.54) is 17.7 Å². The smallest absolute Gasteiger partial charge is 0.335 e. The van der Waals surface area contributed by atoms with Crippen LogP contribution in [0.4, 0.5) is 0 Å². The molecule has 180 valence electrons. The lowest BCUT2D eigenvalue weighted by molar-refractivity contribution is -0.110. The van der Waals surface area contributed by atoms with E-state index in [-0.39, 0.29) is 17.0 Å². The third-order valence-electron chi connectivity index (χ3n) is 6.07. The lowest BCUT2D eigenvalue weighted by Crippen LogP contribution is -2.30. The number of nitrogens with one attached hydrogen (secondary N) is 1. The standard InChI is InChI=1S/C17H26O2.C10H11NO3/c1-14(2)7-10-19-16-6-4-5-15(13-16)17(3)8-11-18-12-9-17;1-7(11-6-12)8-2-4-9(5-3-8)10(13)14/h4-6,13-14H,7-12H2,1-3H3;2-7H,1H3,(H,11,12)(H,13,14). The minimum atomic E-state index is -0.951. The molecular formula is C27H37NO5. The van der Waals surface area contributed by atoms with Crippen LogP contribution in [0.1, 0.15) is 74.5 Å². The van der Waals surface area contributed by atoms with E-state index < -0.39 is 5.97 Å². The zero-order valence-corrected chi connectivity index (χ0v) is 20.2. The maximum absolute atomic E-state index is 10.5. The highest BCUT2D eigenvalue weighted by Gasteiger charge is 2.29. The predicted octanol–water partition coefficient (Wildman–Crippen LogP) is 5.37. The SMILES string of the molecule is CC(C)CCOc1cccc(C2(C)CCOCC2)c1.CC(NC=O)c1ccc(C(=O)O)cc1. The molecule has 2 aromatic carbocycles. The Bertz CT molecular complexity index is 872. The summed E-state index contributed by atoms with van der Waals surface area (Å²) in [6, 6.07) is 14.9. The first-order valence-corrected chi connectivity index (χ1v) is 11.6. The minimum absolute atomic E-state index is 0.102. The molecule has 2 aromatic rings. The molecule has 1 atom stereocenters. The molecule has 1 fully saturated rings. The van der Waals surface area contributed by atoms with Gasteiger partial charge in [-0.2, -0.15) is 0 Å². The van der Waals surface area contributed by atoms with Gasteiger partial charge in [-0.25, -0.2) is 4.79 Å². The van der Waals surface area contributed by atoms with Gasteiger partial charge in [0.25, 0.3) is 0 Å². The Kier molecular flexibility index (Phi) is 10.4. The van der Waals surface area contributed by atoms with Crippen molar-refractivity contribution in [1.82, 2.24) is 5.32 Å². The van der Waals surface area contributed by atoms with Crippen molar-refractivity contribution in [3.8, 4) is 5.75 Å². The molecule has 1 unspecified atom stereocenters. The molecule has 0 bridgehead atoms. The van der Waals surface area contributed by atoms with Crippen LogP contribution in [0.2, 0.25) is 0 Å². The summed E-state index contributed by atoms with van der Waals surface area (Å²) >= 11 is 0. The number of hydrogen-bond acceptors (Lipinski definition) is 4. The average molecular weight is 456 g/mol. The molecule has 33 heavy (non-hydrogen) atoms. The number of carbonyl (C=O) groups is 2. The Morgan fingerprint density at radius 1 is 1.15 bits per heavy atom. The van der Waals surface area contributed by atoms with Crippen molar-refractivity contribution < 1.29 is 24.2 Å². The van der Waals surface area contributed by atoms with Gasteiger partial charge in [0, 0.05) is 13.2 Å². The molecule has 3 rings (SSSR count). The number of aromatic carboxylic acids is 1. The van der Waals surface area contributed by atoms with Crippen LogP contribution in [-0.2, 0) is 14.9 Å². The topological polar surface area (TPSA) is 84.9 Å². The van der Waals surface area contributed by atoms with Gasteiger partial charge in [0.2, 0.25) is 6.41 Å². The second-order valence-electron chi connectivity index (χ2n) is 9.17. The molecule has 0 saturated carbocycles. The van der Waals surface area contributed by atoms with Crippen molar-refractivity contribution in [3.05, 3.63) is 65.2 Å². The van der Waals surface area contributed by atoms with E-state index in [1.807, 2.05) is 6.92 Å². The lowest BCUT2D eigenvalue weighted by atomic mass is 9.76. The van der Waals surface area contributed by atoms with Crippen molar-refractivity contribution >= 4 is 12.4 Å². The number of hydrogen-bond donors (Lipinski definition) is 2. The third-order valence-corrected chi connectivity index (χ3v) is 6.07. The van der Waals surface area contributed by atoms with Gasteiger partial charge in [0.1, 0.15) is 5.75 Å². The van der Waals surface area contributed by atoms with Crippen molar-refractivity contribution in [3.63, 3.8) is 0 Å². The molecule has 1 aliphatic rings. The van der Waals surface area contributed by atoms with Crippen LogP contribution in [0.3, 0.4) is 0 Å². The quantitative estimate of drug-likeness (QED) is 0.497. The summed E-state index contributed by atoms with van der Waals surface area (Å²) in [4.78, 5) is 20.7. The van der Waals surface area contributed by atoms with Crippen LogP contribution >= 0.6 is 0 Å². The molecule has 0 radical (unpaired) electrons. The van der Waals surface area contributed by atoms with E-state index in [1.54, 1.807) is 12.1 Å². The predicted molar refractivity (Wildman–Crippen MR) is 130 cm³/mol. The molecule has 1 heterocycles. The highest BCUT2D eigenvalue weighted by Crippen LogP contribution is 2.35. The number of amides is 1. The number of benzene rings is 2. The molecule has 6 heteroatoms. The molecule has 0 spiro atoms. The molecule has 1 saturated heterocycles. The highest BCUT2D eigenvalue weighted by atomic mass is 16.5. The Morgan fingerprint density at radius 3 is 2.39 bits per heavy atom. The highest BCUT2D eigenvalue weighted by molar-refractivity contribution is 5.87. The summed E-state index contributed by atoms with van der Waals surface area (Å²) in [6.07, 6.45) is 3.93. The van der Waals surface area contributed by atoms with Gasteiger partial charge in [-0.05, 0) is 72.9 Å². The summed E-state index contributed by atoms with van der Waals surface area (Å²) in [6.45, 7) is 11.2. The van der Waals surface area contributed by atoms with Crippen LogP contribution < -0.4 is 10.1 Å². The van der Waals surface area contributed by atoms with Crippen molar-refractivity contribution in [1.29, 1.82) is 0 Å². The fraction of sp³-hybridized carbons (Fsp3) is 0.481. The monoisotopic (exact) mass is 455 g/mol.